The molecular weight excluding hydrogens is 588 g/mol. The first kappa shape index (κ1) is 35.1. The van der Waals surface area contributed by atoms with E-state index in [9.17, 15) is 19.8 Å². The Labute approximate surface area is 271 Å². The molecule has 1 aliphatic heterocycles. The topological polar surface area (TPSA) is 118 Å². The van der Waals surface area contributed by atoms with Gasteiger partial charge in [-0.2, -0.15) is 0 Å². The van der Waals surface area contributed by atoms with Crippen molar-refractivity contribution in [3.8, 4) is 0 Å². The summed E-state index contributed by atoms with van der Waals surface area (Å²) in [5, 5.41) is 23.0. The maximum Gasteiger partial charge on any atom is 0.410 e. The summed E-state index contributed by atoms with van der Waals surface area (Å²) in [7, 11) is 0. The van der Waals surface area contributed by atoms with Crippen molar-refractivity contribution in [1.29, 1.82) is 0 Å². The highest BCUT2D eigenvalue weighted by atomic mass is 16.6. The fourth-order valence-electron chi connectivity index (χ4n) is 5.05. The molecule has 10 nitrogen and oxygen atoms in total. The number of amides is 2. The molecule has 0 unspecified atom stereocenters. The monoisotopic (exact) mass is 634 g/mol. The average molecular weight is 635 g/mol. The highest BCUT2D eigenvalue weighted by Crippen LogP contribution is 2.21. The van der Waals surface area contributed by atoms with Crippen LogP contribution in [-0.2, 0) is 43.6 Å². The zero-order valence-corrected chi connectivity index (χ0v) is 26.9. The molecule has 3 aromatic rings. The average Bonchev–Trinajstić information content (AvgIpc) is 3.06. The van der Waals surface area contributed by atoms with E-state index in [1.54, 1.807) is 25.7 Å². The maximum atomic E-state index is 13.7. The van der Waals surface area contributed by atoms with Gasteiger partial charge in [-0.1, -0.05) is 91.0 Å². The van der Waals surface area contributed by atoms with E-state index in [-0.39, 0.29) is 52.6 Å². The summed E-state index contributed by atoms with van der Waals surface area (Å²) in [6.45, 7) is 6.66. The fourth-order valence-corrected chi connectivity index (χ4v) is 5.05. The van der Waals surface area contributed by atoms with Crippen LogP contribution in [0.15, 0.2) is 91.0 Å². The van der Waals surface area contributed by atoms with Crippen LogP contribution < -0.4 is 0 Å². The molecule has 0 radical (unpaired) electrons. The van der Waals surface area contributed by atoms with Crippen LogP contribution in [0.2, 0.25) is 0 Å². The maximum absolute atomic E-state index is 13.7. The fraction of sp³-hybridized carbons (Fsp3) is 0.444. The largest absolute Gasteiger partial charge is 0.444 e. The summed E-state index contributed by atoms with van der Waals surface area (Å²) in [6.07, 6.45) is -5.71. The molecule has 1 saturated heterocycles. The van der Waals surface area contributed by atoms with Gasteiger partial charge in [-0.25, -0.2) is 4.79 Å². The first-order valence-electron chi connectivity index (χ1n) is 15.7. The minimum absolute atomic E-state index is 0.0745. The molecule has 0 spiro atoms. The van der Waals surface area contributed by atoms with Gasteiger partial charge in [-0.05, 0) is 37.5 Å². The Bertz CT molecular complexity index is 1330. The van der Waals surface area contributed by atoms with Gasteiger partial charge in [0.15, 0.2) is 6.10 Å². The number of hydrogen-bond acceptors (Lipinski definition) is 8. The Kier molecular flexibility index (Phi) is 13.1. The van der Waals surface area contributed by atoms with Crippen molar-refractivity contribution < 1.29 is 38.7 Å². The summed E-state index contributed by atoms with van der Waals surface area (Å²) in [6, 6.07) is 28.4. The van der Waals surface area contributed by atoms with E-state index in [2.05, 4.69) is 0 Å². The minimum Gasteiger partial charge on any atom is -0.444 e. The molecule has 1 fully saturated rings. The normalized spacial score (nSPS) is 16.4. The van der Waals surface area contributed by atoms with Crippen LogP contribution in [0.5, 0.6) is 0 Å². The number of nitrogens with zero attached hydrogens (tertiary/aromatic N) is 2. The van der Waals surface area contributed by atoms with E-state index in [0.717, 1.165) is 16.7 Å². The second kappa shape index (κ2) is 17.2. The highest BCUT2D eigenvalue weighted by molar-refractivity contribution is 5.82. The van der Waals surface area contributed by atoms with Gasteiger partial charge in [-0.3, -0.25) is 4.79 Å². The number of benzene rings is 3. The number of carbonyl (C=O) groups excluding carboxylic acids is 2. The molecule has 10 heteroatoms. The van der Waals surface area contributed by atoms with Gasteiger partial charge in [0.1, 0.15) is 23.9 Å². The van der Waals surface area contributed by atoms with Crippen LogP contribution in [0.1, 0.15) is 37.5 Å². The first-order chi connectivity index (χ1) is 22.1. The third kappa shape index (κ3) is 10.9. The third-order valence-electron chi connectivity index (χ3n) is 7.48. The lowest BCUT2D eigenvalue weighted by Crippen LogP contribution is -2.58. The minimum atomic E-state index is -1.67. The number of piperazine rings is 1. The molecule has 0 aromatic heterocycles. The summed E-state index contributed by atoms with van der Waals surface area (Å²) in [5.74, 6) is -0.576. The highest BCUT2D eigenvalue weighted by Gasteiger charge is 2.41. The molecule has 4 atom stereocenters. The van der Waals surface area contributed by atoms with Crippen LogP contribution in [0.25, 0.3) is 0 Å². The second-order valence-electron chi connectivity index (χ2n) is 12.3. The van der Waals surface area contributed by atoms with E-state index in [1.165, 1.54) is 4.90 Å². The molecule has 0 aliphatic carbocycles. The van der Waals surface area contributed by atoms with Gasteiger partial charge in [0.25, 0.3) is 5.91 Å². The van der Waals surface area contributed by atoms with Crippen molar-refractivity contribution in [3.63, 3.8) is 0 Å². The van der Waals surface area contributed by atoms with Crippen molar-refractivity contribution in [1.82, 2.24) is 9.80 Å². The molecule has 4 rings (SSSR count). The number of aliphatic hydroxyl groups is 2. The van der Waals surface area contributed by atoms with E-state index >= 15 is 0 Å². The lowest BCUT2D eigenvalue weighted by molar-refractivity contribution is -0.186. The van der Waals surface area contributed by atoms with E-state index in [0.29, 0.717) is 0 Å². The molecule has 2 N–H and O–H groups in total. The number of aliphatic hydroxyl groups excluding tert-OH is 2. The van der Waals surface area contributed by atoms with Gasteiger partial charge in [-0.15, -0.1) is 0 Å². The van der Waals surface area contributed by atoms with Crippen LogP contribution in [0.3, 0.4) is 0 Å². The first-order valence-corrected chi connectivity index (χ1v) is 15.7. The van der Waals surface area contributed by atoms with E-state index < -0.39 is 42.0 Å². The predicted molar refractivity (Wildman–Crippen MR) is 173 cm³/mol. The number of carbonyl (C=O) groups is 2. The molecule has 3 aromatic carbocycles. The lowest BCUT2D eigenvalue weighted by Gasteiger charge is -2.38. The summed E-state index contributed by atoms with van der Waals surface area (Å²) in [5.41, 5.74) is 1.99. The number of rotatable bonds is 14. The Morgan fingerprint density at radius 2 is 1.11 bits per heavy atom. The molecule has 0 saturated carbocycles. The molecule has 2 amide bonds. The van der Waals surface area contributed by atoms with Crippen molar-refractivity contribution in [3.05, 3.63) is 108 Å². The van der Waals surface area contributed by atoms with Gasteiger partial charge in [0, 0.05) is 26.2 Å². The van der Waals surface area contributed by atoms with Crippen molar-refractivity contribution >= 4 is 12.0 Å². The van der Waals surface area contributed by atoms with Gasteiger partial charge >= 0.3 is 6.09 Å². The van der Waals surface area contributed by atoms with Crippen LogP contribution in [0, 0.1) is 0 Å². The molecule has 1 heterocycles. The van der Waals surface area contributed by atoms with Crippen LogP contribution in [0.4, 0.5) is 4.79 Å². The third-order valence-corrected chi connectivity index (χ3v) is 7.48. The van der Waals surface area contributed by atoms with Crippen molar-refractivity contribution in [2.75, 3.05) is 32.8 Å². The zero-order valence-electron chi connectivity index (χ0n) is 26.9. The van der Waals surface area contributed by atoms with Crippen molar-refractivity contribution in [2.24, 2.45) is 0 Å². The Hall–Kier alpha value is -3.80. The molecular formula is C36H46N2O8. The summed E-state index contributed by atoms with van der Waals surface area (Å²) < 4.78 is 23.8. The molecule has 1 aliphatic rings. The van der Waals surface area contributed by atoms with Crippen molar-refractivity contribution in [2.45, 2.75) is 70.6 Å². The number of ether oxygens (including phenoxy) is 4. The lowest BCUT2D eigenvalue weighted by atomic mass is 10.0. The van der Waals surface area contributed by atoms with Gasteiger partial charge < -0.3 is 39.0 Å². The number of hydrogen-bond donors (Lipinski definition) is 2. The Balaban J connectivity index is 1.50. The van der Waals surface area contributed by atoms with E-state index in [1.807, 2.05) is 91.0 Å². The zero-order chi connectivity index (χ0) is 32.9. The quantitative estimate of drug-likeness (QED) is 0.271. The Morgan fingerprint density at radius 3 is 1.59 bits per heavy atom. The van der Waals surface area contributed by atoms with Crippen LogP contribution >= 0.6 is 0 Å². The SMILES string of the molecule is CC(C)(C)OC(=O)N1CCN(C(=O)[C@H](O)[C@@H](OCc2ccccc2)[C@H](OCc2ccccc2)[C@H](O)COCc2ccccc2)CC1. The molecule has 0 bridgehead atoms. The van der Waals surface area contributed by atoms with Crippen LogP contribution in [-0.4, -0.2) is 94.8 Å². The predicted octanol–water partition coefficient (Wildman–Crippen LogP) is 4.18. The van der Waals surface area contributed by atoms with Gasteiger partial charge in [0.05, 0.1) is 26.4 Å². The molecule has 46 heavy (non-hydrogen) atoms. The van der Waals surface area contributed by atoms with Gasteiger partial charge in [0.2, 0.25) is 0 Å². The van der Waals surface area contributed by atoms with E-state index in [4.69, 9.17) is 18.9 Å². The molecule has 248 valence electrons. The smallest absolute Gasteiger partial charge is 0.410 e. The second-order valence-corrected chi connectivity index (χ2v) is 12.3. The summed E-state index contributed by atoms with van der Waals surface area (Å²) >= 11 is 0. The standard InChI is InChI=1S/C36H46N2O8/c1-36(2,3)46-35(42)38-21-19-37(20-22-38)34(41)31(40)33(45-25-29-17-11-6-12-18-29)32(44-24-28-15-9-5-10-16-28)30(39)26-43-23-27-13-7-4-8-14-27/h4-18,30-33,39-40H,19-26H2,1-3H3/t30-,31-,32-,33-/m1/s1. The summed E-state index contributed by atoms with van der Waals surface area (Å²) in [4.78, 5) is 29.3. The Morgan fingerprint density at radius 1 is 0.674 bits per heavy atom.